The number of ether oxygens (including phenoxy) is 1. The third kappa shape index (κ3) is 6.57. The Kier molecular flexibility index (Phi) is 5.99. The second-order valence-corrected chi connectivity index (χ2v) is 7.41. The standard InChI is InChI=1S/C18H29N3O2/c1-13-8-9-16(19-11-13)12-20-14-6-5-7-15(10-14)21-17(22)23-18(2,3)4/h8-9,11,14-15,20H,5-7,10,12H2,1-4H3,(H,21,22). The topological polar surface area (TPSA) is 63.2 Å². The number of aryl methyl sites for hydroxylation is 1. The van der Waals surface area contributed by atoms with Gasteiger partial charge in [0.05, 0.1) is 5.69 Å². The molecule has 2 rings (SSSR count). The summed E-state index contributed by atoms with van der Waals surface area (Å²) in [5, 5.41) is 6.55. The average molecular weight is 319 g/mol. The van der Waals surface area contributed by atoms with Crippen molar-refractivity contribution in [2.75, 3.05) is 0 Å². The Morgan fingerprint density at radius 1 is 1.30 bits per heavy atom. The summed E-state index contributed by atoms with van der Waals surface area (Å²) in [6.45, 7) is 8.45. The predicted octanol–water partition coefficient (Wildman–Crippen LogP) is 3.32. The minimum atomic E-state index is -0.451. The number of nitrogens with zero attached hydrogens (tertiary/aromatic N) is 1. The molecule has 1 saturated carbocycles. The molecule has 0 radical (unpaired) electrons. The van der Waals surface area contributed by atoms with E-state index in [0.29, 0.717) is 6.04 Å². The van der Waals surface area contributed by atoms with Crippen LogP contribution in [0, 0.1) is 6.92 Å². The number of alkyl carbamates (subject to hydrolysis) is 1. The minimum Gasteiger partial charge on any atom is -0.444 e. The molecular formula is C18H29N3O2. The van der Waals surface area contributed by atoms with Crippen molar-refractivity contribution < 1.29 is 9.53 Å². The van der Waals surface area contributed by atoms with Gasteiger partial charge in [0.1, 0.15) is 5.60 Å². The number of carbonyl (C=O) groups excluding carboxylic acids is 1. The molecule has 5 nitrogen and oxygen atoms in total. The maximum absolute atomic E-state index is 11.9. The summed E-state index contributed by atoms with van der Waals surface area (Å²) in [6.07, 6.45) is 5.77. The van der Waals surface area contributed by atoms with Crippen molar-refractivity contribution in [1.82, 2.24) is 15.6 Å². The predicted molar refractivity (Wildman–Crippen MR) is 91.2 cm³/mol. The largest absolute Gasteiger partial charge is 0.444 e. The van der Waals surface area contributed by atoms with Gasteiger partial charge in [0, 0.05) is 24.8 Å². The molecule has 0 aliphatic heterocycles. The fourth-order valence-corrected chi connectivity index (χ4v) is 2.83. The molecule has 1 amide bonds. The van der Waals surface area contributed by atoms with Crippen LogP contribution in [0.3, 0.4) is 0 Å². The number of pyridine rings is 1. The van der Waals surface area contributed by atoms with Gasteiger partial charge >= 0.3 is 6.09 Å². The first-order valence-corrected chi connectivity index (χ1v) is 8.46. The van der Waals surface area contributed by atoms with E-state index in [-0.39, 0.29) is 12.1 Å². The van der Waals surface area contributed by atoms with Gasteiger partial charge in [-0.15, -0.1) is 0 Å². The first kappa shape index (κ1) is 17.7. The molecule has 23 heavy (non-hydrogen) atoms. The van der Waals surface area contributed by atoms with Crippen molar-refractivity contribution >= 4 is 6.09 Å². The molecule has 0 saturated heterocycles. The van der Waals surface area contributed by atoms with Gasteiger partial charge in [-0.05, 0) is 65.0 Å². The van der Waals surface area contributed by atoms with E-state index in [2.05, 4.69) is 27.8 Å². The summed E-state index contributed by atoms with van der Waals surface area (Å²) < 4.78 is 5.34. The summed E-state index contributed by atoms with van der Waals surface area (Å²) in [5.74, 6) is 0. The lowest BCUT2D eigenvalue weighted by atomic mass is 9.91. The molecule has 1 heterocycles. The second-order valence-electron chi connectivity index (χ2n) is 7.41. The van der Waals surface area contributed by atoms with Crippen molar-refractivity contribution in [3.63, 3.8) is 0 Å². The van der Waals surface area contributed by atoms with Crippen LogP contribution in [0.4, 0.5) is 4.79 Å². The molecule has 0 spiro atoms. The van der Waals surface area contributed by atoms with Crippen molar-refractivity contribution in [3.05, 3.63) is 29.6 Å². The summed E-state index contributed by atoms with van der Waals surface area (Å²) in [6, 6.07) is 4.73. The van der Waals surface area contributed by atoms with E-state index in [1.165, 1.54) is 5.56 Å². The van der Waals surface area contributed by atoms with Crippen LogP contribution in [-0.4, -0.2) is 28.8 Å². The Morgan fingerprint density at radius 3 is 2.70 bits per heavy atom. The van der Waals surface area contributed by atoms with Crippen LogP contribution in [0.2, 0.25) is 0 Å². The van der Waals surface area contributed by atoms with Gasteiger partial charge in [-0.1, -0.05) is 6.07 Å². The van der Waals surface area contributed by atoms with Crippen molar-refractivity contribution in [2.24, 2.45) is 0 Å². The molecule has 0 bridgehead atoms. The molecule has 1 aromatic rings. The van der Waals surface area contributed by atoms with Crippen molar-refractivity contribution in [3.8, 4) is 0 Å². The summed E-state index contributed by atoms with van der Waals surface area (Å²) in [7, 11) is 0. The SMILES string of the molecule is Cc1ccc(CNC2CCCC(NC(=O)OC(C)(C)C)C2)nc1. The molecule has 1 aromatic heterocycles. The third-order valence-corrected chi connectivity index (χ3v) is 3.94. The first-order chi connectivity index (χ1) is 10.8. The van der Waals surface area contributed by atoms with Crippen molar-refractivity contribution in [1.29, 1.82) is 0 Å². The lowest BCUT2D eigenvalue weighted by Crippen LogP contribution is -2.45. The van der Waals surface area contributed by atoms with E-state index in [0.717, 1.165) is 37.9 Å². The zero-order valence-corrected chi connectivity index (χ0v) is 14.7. The van der Waals surface area contributed by atoms with Gasteiger partial charge in [-0.2, -0.15) is 0 Å². The van der Waals surface area contributed by atoms with Crippen LogP contribution < -0.4 is 10.6 Å². The Hall–Kier alpha value is -1.62. The van der Waals surface area contributed by atoms with Crippen LogP contribution in [0.15, 0.2) is 18.3 Å². The number of nitrogens with one attached hydrogen (secondary N) is 2. The number of amides is 1. The number of rotatable bonds is 4. The van der Waals surface area contributed by atoms with Gasteiger partial charge in [-0.3, -0.25) is 4.98 Å². The maximum Gasteiger partial charge on any atom is 0.407 e. The van der Waals surface area contributed by atoms with Crippen LogP contribution in [0.5, 0.6) is 0 Å². The summed E-state index contributed by atoms with van der Waals surface area (Å²) in [4.78, 5) is 16.3. The Labute approximate surface area is 139 Å². The lowest BCUT2D eigenvalue weighted by Gasteiger charge is -2.31. The Morgan fingerprint density at radius 2 is 2.04 bits per heavy atom. The molecular weight excluding hydrogens is 290 g/mol. The van der Waals surface area contributed by atoms with E-state index in [1.54, 1.807) is 0 Å². The van der Waals surface area contributed by atoms with Crippen LogP contribution in [0.25, 0.3) is 0 Å². The zero-order chi connectivity index (χ0) is 16.9. The smallest absolute Gasteiger partial charge is 0.407 e. The molecule has 2 N–H and O–H groups in total. The van der Waals surface area contributed by atoms with Gasteiger partial charge in [0.2, 0.25) is 0 Å². The number of hydrogen-bond donors (Lipinski definition) is 2. The normalized spacial score (nSPS) is 21.7. The molecule has 5 heteroatoms. The Bertz CT molecular complexity index is 508. The van der Waals surface area contributed by atoms with Gasteiger partial charge in [-0.25, -0.2) is 4.79 Å². The van der Waals surface area contributed by atoms with Gasteiger partial charge in [0.15, 0.2) is 0 Å². The van der Waals surface area contributed by atoms with E-state index in [4.69, 9.17) is 4.74 Å². The van der Waals surface area contributed by atoms with Gasteiger partial charge in [0.25, 0.3) is 0 Å². The van der Waals surface area contributed by atoms with Crippen LogP contribution >= 0.6 is 0 Å². The molecule has 2 unspecified atom stereocenters. The second kappa shape index (κ2) is 7.77. The Balaban J connectivity index is 1.76. The fraction of sp³-hybridized carbons (Fsp3) is 0.667. The van der Waals surface area contributed by atoms with Crippen LogP contribution in [0.1, 0.15) is 57.7 Å². The molecule has 128 valence electrons. The molecule has 0 aromatic carbocycles. The quantitative estimate of drug-likeness (QED) is 0.893. The highest BCUT2D eigenvalue weighted by Crippen LogP contribution is 2.19. The minimum absolute atomic E-state index is 0.182. The summed E-state index contributed by atoms with van der Waals surface area (Å²) >= 11 is 0. The molecule has 1 aliphatic rings. The summed E-state index contributed by atoms with van der Waals surface area (Å²) in [5.41, 5.74) is 1.78. The fourth-order valence-electron chi connectivity index (χ4n) is 2.83. The van der Waals surface area contributed by atoms with E-state index >= 15 is 0 Å². The van der Waals surface area contributed by atoms with E-state index < -0.39 is 5.60 Å². The highest BCUT2D eigenvalue weighted by atomic mass is 16.6. The van der Waals surface area contributed by atoms with E-state index in [1.807, 2.05) is 33.9 Å². The highest BCUT2D eigenvalue weighted by molar-refractivity contribution is 5.68. The number of carbonyl (C=O) groups is 1. The van der Waals surface area contributed by atoms with Crippen LogP contribution in [-0.2, 0) is 11.3 Å². The highest BCUT2D eigenvalue weighted by Gasteiger charge is 2.25. The average Bonchev–Trinajstić information content (AvgIpc) is 2.45. The zero-order valence-electron chi connectivity index (χ0n) is 14.7. The number of hydrogen-bond acceptors (Lipinski definition) is 4. The molecule has 1 fully saturated rings. The first-order valence-electron chi connectivity index (χ1n) is 8.46. The van der Waals surface area contributed by atoms with Crippen molar-refractivity contribution in [2.45, 2.75) is 77.6 Å². The van der Waals surface area contributed by atoms with E-state index in [9.17, 15) is 4.79 Å². The molecule has 1 aliphatic carbocycles. The monoisotopic (exact) mass is 319 g/mol. The third-order valence-electron chi connectivity index (χ3n) is 3.94. The number of aromatic nitrogens is 1. The molecule has 2 atom stereocenters. The maximum atomic E-state index is 11.9. The lowest BCUT2D eigenvalue weighted by molar-refractivity contribution is 0.0488. The van der Waals surface area contributed by atoms with Gasteiger partial charge < -0.3 is 15.4 Å².